The summed E-state index contributed by atoms with van der Waals surface area (Å²) >= 11 is 6.35. The summed E-state index contributed by atoms with van der Waals surface area (Å²) in [7, 11) is 0. The summed E-state index contributed by atoms with van der Waals surface area (Å²) in [6.07, 6.45) is 5.29. The zero-order valence-corrected chi connectivity index (χ0v) is 17.5. The molecule has 0 unspecified atom stereocenters. The third kappa shape index (κ3) is 6.32. The van der Waals surface area contributed by atoms with Gasteiger partial charge < -0.3 is 19.5 Å². The van der Waals surface area contributed by atoms with E-state index in [0.717, 1.165) is 40.7 Å². The highest BCUT2D eigenvalue weighted by Gasteiger charge is 2.16. The second-order valence-corrected chi connectivity index (χ2v) is 7.82. The molecule has 152 valence electrons. The third-order valence-corrected chi connectivity index (χ3v) is 5.05. The van der Waals surface area contributed by atoms with E-state index in [9.17, 15) is 0 Å². The quantitative estimate of drug-likeness (QED) is 0.523. The summed E-state index contributed by atoms with van der Waals surface area (Å²) < 4.78 is 17.7. The van der Waals surface area contributed by atoms with Crippen LogP contribution in [0.4, 0.5) is 0 Å². The van der Waals surface area contributed by atoms with E-state index in [2.05, 4.69) is 5.32 Å². The van der Waals surface area contributed by atoms with Gasteiger partial charge in [0, 0.05) is 18.1 Å². The van der Waals surface area contributed by atoms with Gasteiger partial charge in [-0.25, -0.2) is 0 Å². The van der Waals surface area contributed by atoms with Crippen LogP contribution in [0.1, 0.15) is 45.1 Å². The van der Waals surface area contributed by atoms with E-state index < -0.39 is 0 Å². The predicted octanol–water partition coefficient (Wildman–Crippen LogP) is 5.62. The first-order chi connectivity index (χ1) is 13.6. The van der Waals surface area contributed by atoms with E-state index in [-0.39, 0.29) is 6.10 Å². The van der Waals surface area contributed by atoms with Gasteiger partial charge in [-0.05, 0) is 75.4 Å². The van der Waals surface area contributed by atoms with Crippen molar-refractivity contribution >= 4 is 11.6 Å². The van der Waals surface area contributed by atoms with E-state index in [1.807, 2.05) is 56.3 Å². The maximum absolute atomic E-state index is 6.35. The van der Waals surface area contributed by atoms with Crippen molar-refractivity contribution < 1.29 is 14.2 Å². The van der Waals surface area contributed by atoms with Crippen molar-refractivity contribution in [1.29, 1.82) is 0 Å². The van der Waals surface area contributed by atoms with E-state index in [1.54, 1.807) is 0 Å². The van der Waals surface area contributed by atoms with E-state index >= 15 is 0 Å². The fourth-order valence-corrected chi connectivity index (χ4v) is 3.52. The smallest absolute Gasteiger partial charge is 0.161 e. The minimum atomic E-state index is 0.115. The second kappa shape index (κ2) is 10.6. The van der Waals surface area contributed by atoms with Crippen LogP contribution in [0.25, 0.3) is 0 Å². The number of ether oxygens (including phenoxy) is 3. The number of nitrogens with one attached hydrogen (secondary N) is 1. The standard InChI is InChI=1S/C23H30ClNO3/c1-17(2)27-23-10-6-5-9-22(23)26-14-13-25-16-18-15-20(11-12-21(18)24)28-19-7-3-4-8-19/h5-6,9-12,15,17,19,25H,3-4,7-8,13-14,16H2,1-2H3. The second-order valence-electron chi connectivity index (χ2n) is 7.42. The maximum atomic E-state index is 6.35. The van der Waals surface area contributed by atoms with Crippen LogP contribution in [0.15, 0.2) is 42.5 Å². The van der Waals surface area contributed by atoms with Crippen molar-refractivity contribution in [3.63, 3.8) is 0 Å². The lowest BCUT2D eigenvalue weighted by molar-refractivity contribution is 0.210. The Hall–Kier alpha value is -1.91. The van der Waals surface area contributed by atoms with Gasteiger partial charge in [0.2, 0.25) is 0 Å². The Morgan fingerprint density at radius 3 is 2.57 bits per heavy atom. The molecule has 1 saturated carbocycles. The monoisotopic (exact) mass is 403 g/mol. The summed E-state index contributed by atoms with van der Waals surface area (Å²) in [4.78, 5) is 0. The molecule has 0 amide bonds. The van der Waals surface area contributed by atoms with Gasteiger partial charge in [0.05, 0.1) is 12.2 Å². The summed E-state index contributed by atoms with van der Waals surface area (Å²) in [6, 6.07) is 13.7. The summed E-state index contributed by atoms with van der Waals surface area (Å²) in [5, 5.41) is 4.14. The molecule has 2 aromatic carbocycles. The molecule has 0 radical (unpaired) electrons. The fraction of sp³-hybridized carbons (Fsp3) is 0.478. The van der Waals surface area contributed by atoms with Crippen molar-refractivity contribution in [1.82, 2.24) is 5.32 Å². The number of rotatable bonds is 10. The Balaban J connectivity index is 1.45. The zero-order chi connectivity index (χ0) is 19.8. The molecular formula is C23H30ClNO3. The number of halogens is 1. The number of hydrogen-bond acceptors (Lipinski definition) is 4. The van der Waals surface area contributed by atoms with E-state index in [4.69, 9.17) is 25.8 Å². The Kier molecular flexibility index (Phi) is 7.87. The van der Waals surface area contributed by atoms with Gasteiger partial charge in [0.15, 0.2) is 11.5 Å². The van der Waals surface area contributed by atoms with Crippen LogP contribution in [0.5, 0.6) is 17.2 Å². The average molecular weight is 404 g/mol. The molecular weight excluding hydrogens is 374 g/mol. The molecule has 0 atom stereocenters. The average Bonchev–Trinajstić information content (AvgIpc) is 3.18. The lowest BCUT2D eigenvalue weighted by Gasteiger charge is -2.16. The van der Waals surface area contributed by atoms with Crippen molar-refractivity contribution in [2.45, 2.75) is 58.3 Å². The van der Waals surface area contributed by atoms with Crippen molar-refractivity contribution in [3.8, 4) is 17.2 Å². The molecule has 1 N–H and O–H groups in total. The molecule has 0 aromatic heterocycles. The third-order valence-electron chi connectivity index (χ3n) is 4.69. The van der Waals surface area contributed by atoms with Crippen LogP contribution in [0.2, 0.25) is 5.02 Å². The minimum absolute atomic E-state index is 0.115. The predicted molar refractivity (Wildman–Crippen MR) is 114 cm³/mol. The van der Waals surface area contributed by atoms with Crippen LogP contribution >= 0.6 is 11.6 Å². The molecule has 0 aliphatic heterocycles. The number of benzene rings is 2. The first-order valence-electron chi connectivity index (χ1n) is 10.2. The molecule has 1 fully saturated rings. The molecule has 5 heteroatoms. The molecule has 0 heterocycles. The number of hydrogen-bond donors (Lipinski definition) is 1. The molecule has 28 heavy (non-hydrogen) atoms. The first-order valence-corrected chi connectivity index (χ1v) is 10.5. The van der Waals surface area contributed by atoms with Crippen molar-refractivity contribution in [2.24, 2.45) is 0 Å². The maximum Gasteiger partial charge on any atom is 0.161 e. The molecule has 2 aromatic rings. The van der Waals surface area contributed by atoms with E-state index in [0.29, 0.717) is 25.8 Å². The fourth-order valence-electron chi connectivity index (χ4n) is 3.34. The van der Waals surface area contributed by atoms with Crippen LogP contribution in [0, 0.1) is 0 Å². The summed E-state index contributed by atoms with van der Waals surface area (Å²) in [5.74, 6) is 2.45. The Morgan fingerprint density at radius 2 is 1.82 bits per heavy atom. The summed E-state index contributed by atoms with van der Waals surface area (Å²) in [6.45, 7) is 5.95. The van der Waals surface area contributed by atoms with Gasteiger partial charge >= 0.3 is 0 Å². The van der Waals surface area contributed by atoms with Crippen LogP contribution in [-0.2, 0) is 6.54 Å². The minimum Gasteiger partial charge on any atom is -0.490 e. The highest BCUT2D eigenvalue weighted by molar-refractivity contribution is 6.31. The first kappa shape index (κ1) is 20.8. The van der Waals surface area contributed by atoms with Crippen molar-refractivity contribution in [3.05, 3.63) is 53.1 Å². The van der Waals surface area contributed by atoms with E-state index in [1.165, 1.54) is 12.8 Å². The molecule has 3 rings (SSSR count). The highest BCUT2D eigenvalue weighted by atomic mass is 35.5. The Bertz CT molecular complexity index is 744. The molecule has 0 saturated heterocycles. The lowest BCUT2D eigenvalue weighted by atomic mass is 10.2. The van der Waals surface area contributed by atoms with Crippen LogP contribution in [0.3, 0.4) is 0 Å². The Morgan fingerprint density at radius 1 is 1.07 bits per heavy atom. The largest absolute Gasteiger partial charge is 0.490 e. The Labute approximate surface area is 173 Å². The molecule has 4 nitrogen and oxygen atoms in total. The van der Waals surface area contributed by atoms with Gasteiger partial charge in [0.25, 0.3) is 0 Å². The molecule has 0 bridgehead atoms. The summed E-state index contributed by atoms with van der Waals surface area (Å²) in [5.41, 5.74) is 1.04. The van der Waals surface area contributed by atoms with Crippen LogP contribution in [-0.4, -0.2) is 25.4 Å². The molecule has 0 spiro atoms. The van der Waals surface area contributed by atoms with Gasteiger partial charge in [-0.3, -0.25) is 0 Å². The van der Waals surface area contributed by atoms with Gasteiger partial charge in [-0.1, -0.05) is 23.7 Å². The highest BCUT2D eigenvalue weighted by Crippen LogP contribution is 2.28. The molecule has 1 aliphatic carbocycles. The van der Waals surface area contributed by atoms with Crippen LogP contribution < -0.4 is 19.5 Å². The topological polar surface area (TPSA) is 39.7 Å². The SMILES string of the molecule is CC(C)Oc1ccccc1OCCNCc1cc(OC2CCCC2)ccc1Cl. The van der Waals surface area contributed by atoms with Gasteiger partial charge in [0.1, 0.15) is 12.4 Å². The van der Waals surface area contributed by atoms with Gasteiger partial charge in [-0.15, -0.1) is 0 Å². The van der Waals surface area contributed by atoms with Crippen molar-refractivity contribution in [2.75, 3.05) is 13.2 Å². The zero-order valence-electron chi connectivity index (χ0n) is 16.7. The van der Waals surface area contributed by atoms with Gasteiger partial charge in [-0.2, -0.15) is 0 Å². The number of para-hydroxylation sites is 2. The normalized spacial score (nSPS) is 14.4. The lowest BCUT2D eigenvalue weighted by Crippen LogP contribution is -2.21. The molecule has 1 aliphatic rings.